The van der Waals surface area contributed by atoms with Gasteiger partial charge in [0, 0.05) is 53.1 Å². The summed E-state index contributed by atoms with van der Waals surface area (Å²) < 4.78 is 9.01. The Kier molecular flexibility index (Phi) is 6.43. The zero-order valence-electron chi connectivity index (χ0n) is 29.1. The van der Waals surface area contributed by atoms with Crippen molar-refractivity contribution >= 4 is 53.4 Å². The lowest BCUT2D eigenvalue weighted by atomic mass is 9.82. The molecule has 0 radical (unpaired) electrons. The summed E-state index contributed by atoms with van der Waals surface area (Å²) in [5.74, 6) is 1.91. The molecule has 7 aromatic carbocycles. The Hall–Kier alpha value is -6.43. The maximum atomic E-state index is 6.55. The van der Waals surface area contributed by atoms with Crippen LogP contribution in [0.1, 0.15) is 25.0 Å². The summed E-state index contributed by atoms with van der Waals surface area (Å²) in [5.41, 5.74) is 11.7. The van der Waals surface area contributed by atoms with Gasteiger partial charge >= 0.3 is 0 Å². The first-order chi connectivity index (χ1) is 26.0. The Morgan fingerprint density at radius 1 is 0.453 bits per heavy atom. The van der Waals surface area contributed by atoms with E-state index in [-0.39, 0.29) is 5.41 Å². The number of aromatic nitrogens is 3. The molecule has 11 rings (SSSR count). The second kappa shape index (κ2) is 11.3. The molecule has 4 nitrogen and oxygen atoms in total. The molecule has 1 aliphatic rings. The van der Waals surface area contributed by atoms with Gasteiger partial charge in [0.25, 0.3) is 0 Å². The molecule has 0 atom stereocenters. The largest absolute Gasteiger partial charge is 0.456 e. The molecule has 0 N–H and O–H groups in total. The first kappa shape index (κ1) is 30.2. The molecule has 0 bridgehead atoms. The summed E-state index contributed by atoms with van der Waals surface area (Å²) in [6.45, 7) is 4.61. The van der Waals surface area contributed by atoms with Crippen LogP contribution in [0.3, 0.4) is 0 Å². The Morgan fingerprint density at radius 3 is 2.02 bits per heavy atom. The zero-order valence-corrected chi connectivity index (χ0v) is 29.9. The van der Waals surface area contributed by atoms with Gasteiger partial charge in [0.1, 0.15) is 11.2 Å². The molecule has 0 unspecified atom stereocenters. The number of nitrogens with zero attached hydrogens (tertiary/aromatic N) is 3. The molecule has 0 spiro atoms. The molecule has 0 saturated carbocycles. The monoisotopic (exact) mass is 697 g/mol. The van der Waals surface area contributed by atoms with Gasteiger partial charge in [-0.05, 0) is 63.7 Å². The van der Waals surface area contributed by atoms with E-state index in [0.29, 0.717) is 17.5 Å². The third-order valence-corrected chi connectivity index (χ3v) is 12.1. The van der Waals surface area contributed by atoms with Crippen molar-refractivity contribution in [3.63, 3.8) is 0 Å². The number of fused-ring (bicyclic) bond motifs is 9. The summed E-state index contributed by atoms with van der Waals surface area (Å²) >= 11 is 1.80. The van der Waals surface area contributed by atoms with E-state index in [9.17, 15) is 0 Å². The molecule has 53 heavy (non-hydrogen) atoms. The van der Waals surface area contributed by atoms with Crippen molar-refractivity contribution in [2.24, 2.45) is 0 Å². The van der Waals surface area contributed by atoms with Crippen LogP contribution in [-0.2, 0) is 5.41 Å². The highest BCUT2D eigenvalue weighted by Crippen LogP contribution is 2.52. The highest BCUT2D eigenvalue weighted by Gasteiger charge is 2.37. The van der Waals surface area contributed by atoms with Gasteiger partial charge in [-0.2, -0.15) is 0 Å². The van der Waals surface area contributed by atoms with Gasteiger partial charge in [-0.25, -0.2) is 15.0 Å². The number of hydrogen-bond acceptors (Lipinski definition) is 5. The van der Waals surface area contributed by atoms with Crippen LogP contribution in [0.2, 0.25) is 0 Å². The molecule has 3 heterocycles. The van der Waals surface area contributed by atoms with Gasteiger partial charge in [-0.3, -0.25) is 0 Å². The lowest BCUT2D eigenvalue weighted by molar-refractivity contribution is 0.660. The van der Waals surface area contributed by atoms with E-state index in [1.807, 2.05) is 12.1 Å². The number of thiophene rings is 1. The molecular formula is C48H31N3OS. The molecule has 5 heteroatoms. The highest BCUT2D eigenvalue weighted by atomic mass is 32.1. The normalized spacial score (nSPS) is 13.2. The van der Waals surface area contributed by atoms with E-state index < -0.39 is 0 Å². The van der Waals surface area contributed by atoms with Crippen molar-refractivity contribution in [1.82, 2.24) is 15.0 Å². The Bertz CT molecular complexity index is 3100. The number of furan rings is 1. The van der Waals surface area contributed by atoms with Crippen LogP contribution in [0.25, 0.3) is 98.5 Å². The molecule has 250 valence electrons. The lowest BCUT2D eigenvalue weighted by Crippen LogP contribution is -2.14. The predicted molar refractivity (Wildman–Crippen MR) is 219 cm³/mol. The molecule has 10 aromatic rings. The van der Waals surface area contributed by atoms with Crippen molar-refractivity contribution < 1.29 is 4.42 Å². The maximum absolute atomic E-state index is 6.55. The van der Waals surface area contributed by atoms with E-state index in [2.05, 4.69) is 153 Å². The van der Waals surface area contributed by atoms with Crippen LogP contribution in [0.15, 0.2) is 156 Å². The van der Waals surface area contributed by atoms with E-state index >= 15 is 0 Å². The van der Waals surface area contributed by atoms with Crippen molar-refractivity contribution in [1.29, 1.82) is 0 Å². The van der Waals surface area contributed by atoms with Crippen LogP contribution in [0.4, 0.5) is 0 Å². The number of benzene rings is 7. The minimum absolute atomic E-state index is 0.146. The van der Waals surface area contributed by atoms with Gasteiger partial charge < -0.3 is 4.42 Å². The van der Waals surface area contributed by atoms with E-state index in [4.69, 9.17) is 19.4 Å². The molecule has 0 aliphatic heterocycles. The minimum Gasteiger partial charge on any atom is -0.456 e. The van der Waals surface area contributed by atoms with Crippen LogP contribution in [-0.4, -0.2) is 15.0 Å². The second-order valence-corrected chi connectivity index (χ2v) is 15.4. The fourth-order valence-electron chi connectivity index (χ4n) is 8.47. The number of hydrogen-bond donors (Lipinski definition) is 0. The fraction of sp³-hybridized carbons (Fsp3) is 0.0625. The van der Waals surface area contributed by atoms with Crippen LogP contribution < -0.4 is 0 Å². The molecule has 0 saturated heterocycles. The number of rotatable bonds is 4. The average Bonchev–Trinajstić information content (AvgIpc) is 3.85. The Morgan fingerprint density at radius 2 is 1.11 bits per heavy atom. The van der Waals surface area contributed by atoms with Gasteiger partial charge in [-0.15, -0.1) is 11.3 Å². The average molecular weight is 698 g/mol. The Labute approximate surface area is 310 Å². The molecule has 3 aromatic heterocycles. The smallest absolute Gasteiger partial charge is 0.164 e. The summed E-state index contributed by atoms with van der Waals surface area (Å²) in [4.78, 5) is 15.9. The molecule has 0 amide bonds. The van der Waals surface area contributed by atoms with Gasteiger partial charge in [0.15, 0.2) is 17.5 Å². The lowest BCUT2D eigenvalue weighted by Gasteiger charge is -2.21. The fourth-order valence-corrected chi connectivity index (χ4v) is 9.60. The van der Waals surface area contributed by atoms with Crippen molar-refractivity contribution in [3.8, 4) is 56.4 Å². The summed E-state index contributed by atoms with van der Waals surface area (Å²) in [6.07, 6.45) is 0. The SMILES string of the molecule is CC1(C)c2ccccc2-c2c(-c3nc(-c4ccc5c(c4)oc4cccc(-c6ccccc6)c45)nc(-c4cccc5sc6ccccc6c45)n3)cccc21. The third kappa shape index (κ3) is 4.51. The van der Waals surface area contributed by atoms with Crippen molar-refractivity contribution in [2.75, 3.05) is 0 Å². The van der Waals surface area contributed by atoms with Crippen molar-refractivity contribution in [2.45, 2.75) is 19.3 Å². The van der Waals surface area contributed by atoms with E-state index in [0.717, 1.165) is 49.8 Å². The second-order valence-electron chi connectivity index (χ2n) is 14.3. The standard InChI is InChI=1S/C48H31N3OS/c1-48(2)36-20-8-6-15-31(36)42-34(18-10-21-37(42)48)46-49-45(50-47(51-46)35-19-12-24-41-44(35)33-16-7-9-23-40(33)53-41)29-25-26-32-39(27-29)52-38-22-11-17-30(43(32)38)28-13-4-3-5-14-28/h3-27H,1-2H3. The zero-order chi connectivity index (χ0) is 35.3. The van der Waals surface area contributed by atoms with Crippen LogP contribution in [0.5, 0.6) is 0 Å². The maximum Gasteiger partial charge on any atom is 0.164 e. The molecular weight excluding hydrogens is 667 g/mol. The minimum atomic E-state index is -0.146. The third-order valence-electron chi connectivity index (χ3n) is 11.0. The van der Waals surface area contributed by atoms with Gasteiger partial charge in [-0.1, -0.05) is 135 Å². The summed E-state index contributed by atoms with van der Waals surface area (Å²) in [6, 6.07) is 53.4. The summed E-state index contributed by atoms with van der Waals surface area (Å²) in [5, 5.41) is 4.55. The summed E-state index contributed by atoms with van der Waals surface area (Å²) in [7, 11) is 0. The van der Waals surface area contributed by atoms with Crippen LogP contribution in [0, 0.1) is 0 Å². The predicted octanol–water partition coefficient (Wildman–Crippen LogP) is 13.1. The quantitative estimate of drug-likeness (QED) is 0.184. The molecule has 1 aliphatic carbocycles. The topological polar surface area (TPSA) is 51.8 Å². The van der Waals surface area contributed by atoms with Gasteiger partial charge in [0.05, 0.1) is 0 Å². The van der Waals surface area contributed by atoms with Gasteiger partial charge in [0.2, 0.25) is 0 Å². The van der Waals surface area contributed by atoms with E-state index in [1.165, 1.54) is 42.4 Å². The molecule has 0 fully saturated rings. The first-order valence-corrected chi connectivity index (χ1v) is 18.8. The van der Waals surface area contributed by atoms with E-state index in [1.54, 1.807) is 11.3 Å². The van der Waals surface area contributed by atoms with Crippen molar-refractivity contribution in [3.05, 3.63) is 163 Å². The highest BCUT2D eigenvalue weighted by molar-refractivity contribution is 7.25. The Balaban J connectivity index is 1.17. The first-order valence-electron chi connectivity index (χ1n) is 17.9. The van der Waals surface area contributed by atoms with Crippen LogP contribution >= 0.6 is 11.3 Å².